The zero-order chi connectivity index (χ0) is 12.4. The van der Waals surface area contributed by atoms with Crippen molar-refractivity contribution in [3.8, 4) is 11.5 Å². The van der Waals surface area contributed by atoms with E-state index in [0.29, 0.717) is 22.2 Å². The van der Waals surface area contributed by atoms with Gasteiger partial charge >= 0.3 is 0 Å². The van der Waals surface area contributed by atoms with Gasteiger partial charge in [0.25, 0.3) is 0 Å². The molecule has 0 spiro atoms. The zero-order valence-electron chi connectivity index (χ0n) is 8.58. The van der Waals surface area contributed by atoms with Crippen LogP contribution in [0, 0.1) is 0 Å². The summed E-state index contributed by atoms with van der Waals surface area (Å²) in [7, 11) is 0. The van der Waals surface area contributed by atoms with Crippen molar-refractivity contribution in [1.82, 2.24) is 0 Å². The predicted octanol–water partition coefficient (Wildman–Crippen LogP) is 5.24. The highest BCUT2D eigenvalue weighted by molar-refractivity contribution is 9.10. The second-order valence-corrected chi connectivity index (χ2v) is 5.60. The first-order valence-electron chi connectivity index (χ1n) is 4.74. The van der Waals surface area contributed by atoms with Gasteiger partial charge in [0.1, 0.15) is 5.75 Å². The van der Waals surface area contributed by atoms with Gasteiger partial charge in [-0.25, -0.2) is 0 Å². The average Bonchev–Trinajstić information content (AvgIpc) is 2.27. The SMILES string of the molecule is Nc1ccc(Br)cc1Oc1ccc(Br)cc1Cl. The molecule has 0 unspecified atom stereocenters. The molecule has 0 aliphatic carbocycles. The Morgan fingerprint density at radius 3 is 2.29 bits per heavy atom. The van der Waals surface area contributed by atoms with Crippen molar-refractivity contribution in [2.45, 2.75) is 0 Å². The Bertz CT molecular complexity index is 560. The molecule has 0 saturated carbocycles. The quantitative estimate of drug-likeness (QED) is 0.727. The lowest BCUT2D eigenvalue weighted by Gasteiger charge is -2.10. The van der Waals surface area contributed by atoms with Crippen molar-refractivity contribution in [3.63, 3.8) is 0 Å². The number of ether oxygens (including phenoxy) is 1. The summed E-state index contributed by atoms with van der Waals surface area (Å²) in [4.78, 5) is 0. The molecule has 2 nitrogen and oxygen atoms in total. The average molecular weight is 377 g/mol. The molecule has 0 aliphatic heterocycles. The minimum Gasteiger partial charge on any atom is -0.454 e. The Morgan fingerprint density at radius 2 is 1.59 bits per heavy atom. The molecule has 0 atom stereocenters. The van der Waals surface area contributed by atoms with E-state index in [9.17, 15) is 0 Å². The van der Waals surface area contributed by atoms with Crippen LogP contribution in [0.2, 0.25) is 5.02 Å². The van der Waals surface area contributed by atoms with E-state index in [1.807, 2.05) is 12.1 Å². The third-order valence-corrected chi connectivity index (χ3v) is 3.37. The second kappa shape index (κ2) is 5.29. The first-order chi connectivity index (χ1) is 8.06. The number of halogens is 3. The van der Waals surface area contributed by atoms with Crippen LogP contribution in [0.3, 0.4) is 0 Å². The van der Waals surface area contributed by atoms with Crippen molar-refractivity contribution in [1.29, 1.82) is 0 Å². The van der Waals surface area contributed by atoms with E-state index in [4.69, 9.17) is 22.1 Å². The van der Waals surface area contributed by atoms with Crippen LogP contribution in [0.1, 0.15) is 0 Å². The fourth-order valence-corrected chi connectivity index (χ4v) is 2.33. The van der Waals surface area contributed by atoms with Crippen molar-refractivity contribution in [2.75, 3.05) is 5.73 Å². The number of benzene rings is 2. The summed E-state index contributed by atoms with van der Waals surface area (Å²) in [6, 6.07) is 10.8. The molecule has 0 amide bonds. The molecule has 0 radical (unpaired) electrons. The van der Waals surface area contributed by atoms with Gasteiger partial charge in [-0.15, -0.1) is 0 Å². The number of nitrogen functional groups attached to an aromatic ring is 1. The highest BCUT2D eigenvalue weighted by Crippen LogP contribution is 2.35. The molecule has 88 valence electrons. The molecule has 2 aromatic rings. The number of hydrogen-bond acceptors (Lipinski definition) is 2. The monoisotopic (exact) mass is 375 g/mol. The van der Waals surface area contributed by atoms with Crippen LogP contribution in [0.15, 0.2) is 45.3 Å². The minimum atomic E-state index is 0.527. The number of anilines is 1. The van der Waals surface area contributed by atoms with Gasteiger partial charge in [0.05, 0.1) is 10.7 Å². The van der Waals surface area contributed by atoms with Crippen molar-refractivity contribution >= 4 is 49.1 Å². The summed E-state index contributed by atoms with van der Waals surface area (Å²) in [5.41, 5.74) is 6.38. The predicted molar refractivity (Wildman–Crippen MR) is 77.8 cm³/mol. The molecule has 17 heavy (non-hydrogen) atoms. The molecule has 0 fully saturated rings. The Kier molecular flexibility index (Phi) is 3.97. The van der Waals surface area contributed by atoms with Crippen LogP contribution in [0.5, 0.6) is 11.5 Å². The standard InChI is InChI=1S/C12H8Br2ClNO/c13-7-2-4-11(9(15)5-7)17-12-6-8(14)1-3-10(12)16/h1-6H,16H2. The van der Waals surface area contributed by atoms with Gasteiger partial charge in [-0.1, -0.05) is 43.5 Å². The summed E-state index contributed by atoms with van der Waals surface area (Å²) in [5, 5.41) is 0.527. The van der Waals surface area contributed by atoms with Crippen LogP contribution in [0.4, 0.5) is 5.69 Å². The van der Waals surface area contributed by atoms with Crippen LogP contribution in [0.25, 0.3) is 0 Å². The Labute approximate surface area is 121 Å². The lowest BCUT2D eigenvalue weighted by molar-refractivity contribution is 0.485. The lowest BCUT2D eigenvalue weighted by Crippen LogP contribution is -1.92. The van der Waals surface area contributed by atoms with Gasteiger partial charge in [-0.2, -0.15) is 0 Å². The molecule has 0 aliphatic rings. The van der Waals surface area contributed by atoms with Crippen LogP contribution >= 0.6 is 43.5 Å². The molecule has 0 bridgehead atoms. The van der Waals surface area contributed by atoms with Crippen molar-refractivity contribution < 1.29 is 4.74 Å². The van der Waals surface area contributed by atoms with Gasteiger partial charge in [-0.3, -0.25) is 0 Å². The zero-order valence-corrected chi connectivity index (χ0v) is 12.5. The Balaban J connectivity index is 2.34. The third kappa shape index (κ3) is 3.15. The maximum Gasteiger partial charge on any atom is 0.151 e. The Morgan fingerprint density at radius 1 is 0.941 bits per heavy atom. The molecular weight excluding hydrogens is 369 g/mol. The third-order valence-electron chi connectivity index (χ3n) is 2.09. The summed E-state index contributed by atoms with van der Waals surface area (Å²) >= 11 is 12.8. The molecule has 5 heteroatoms. The van der Waals surface area contributed by atoms with E-state index in [1.54, 1.807) is 24.3 Å². The Hall–Kier alpha value is -0.710. The fourth-order valence-electron chi connectivity index (χ4n) is 1.27. The number of hydrogen-bond donors (Lipinski definition) is 1. The largest absolute Gasteiger partial charge is 0.454 e. The van der Waals surface area contributed by atoms with Gasteiger partial charge in [0, 0.05) is 8.95 Å². The maximum atomic E-state index is 6.06. The van der Waals surface area contributed by atoms with Crippen LogP contribution in [-0.2, 0) is 0 Å². The highest BCUT2D eigenvalue weighted by atomic mass is 79.9. The molecule has 2 rings (SSSR count). The molecule has 0 saturated heterocycles. The topological polar surface area (TPSA) is 35.2 Å². The molecule has 0 aromatic heterocycles. The van der Waals surface area contributed by atoms with Crippen molar-refractivity contribution in [2.24, 2.45) is 0 Å². The smallest absolute Gasteiger partial charge is 0.151 e. The highest BCUT2D eigenvalue weighted by Gasteiger charge is 2.07. The first-order valence-corrected chi connectivity index (χ1v) is 6.70. The number of rotatable bonds is 2. The van der Waals surface area contributed by atoms with E-state index < -0.39 is 0 Å². The summed E-state index contributed by atoms with van der Waals surface area (Å²) in [6.07, 6.45) is 0. The van der Waals surface area contributed by atoms with E-state index >= 15 is 0 Å². The van der Waals surface area contributed by atoms with Gasteiger partial charge in [-0.05, 0) is 36.4 Å². The molecule has 2 N–H and O–H groups in total. The van der Waals surface area contributed by atoms with E-state index in [-0.39, 0.29) is 0 Å². The fraction of sp³-hybridized carbons (Fsp3) is 0. The van der Waals surface area contributed by atoms with Crippen LogP contribution < -0.4 is 10.5 Å². The van der Waals surface area contributed by atoms with Crippen molar-refractivity contribution in [3.05, 3.63) is 50.4 Å². The van der Waals surface area contributed by atoms with E-state index in [0.717, 1.165) is 8.95 Å². The lowest BCUT2D eigenvalue weighted by atomic mass is 10.3. The number of nitrogens with two attached hydrogens (primary N) is 1. The second-order valence-electron chi connectivity index (χ2n) is 3.36. The van der Waals surface area contributed by atoms with Gasteiger partial charge in [0.15, 0.2) is 5.75 Å². The minimum absolute atomic E-state index is 0.527. The first kappa shape index (κ1) is 12.7. The molecular formula is C12H8Br2ClNO. The summed E-state index contributed by atoms with van der Waals surface area (Å²) < 4.78 is 7.47. The van der Waals surface area contributed by atoms with Gasteiger partial charge < -0.3 is 10.5 Å². The summed E-state index contributed by atoms with van der Waals surface area (Å²) in [6.45, 7) is 0. The molecule has 0 heterocycles. The van der Waals surface area contributed by atoms with Crippen LogP contribution in [-0.4, -0.2) is 0 Å². The summed E-state index contributed by atoms with van der Waals surface area (Å²) in [5.74, 6) is 1.14. The normalized spacial score (nSPS) is 10.3. The molecule has 2 aromatic carbocycles. The maximum absolute atomic E-state index is 6.06. The van der Waals surface area contributed by atoms with E-state index in [2.05, 4.69) is 31.9 Å². The van der Waals surface area contributed by atoms with Gasteiger partial charge in [0.2, 0.25) is 0 Å². The van der Waals surface area contributed by atoms with E-state index in [1.165, 1.54) is 0 Å².